The molecule has 0 spiro atoms. The fourth-order valence-corrected chi connectivity index (χ4v) is 2.28. The van der Waals surface area contributed by atoms with Gasteiger partial charge in [0.2, 0.25) is 0 Å². The van der Waals surface area contributed by atoms with Crippen LogP contribution in [0.5, 0.6) is 5.75 Å². The van der Waals surface area contributed by atoms with Gasteiger partial charge in [-0.05, 0) is 56.0 Å². The minimum absolute atomic E-state index is 0.138. The molecule has 1 aromatic carbocycles. The Bertz CT molecular complexity index is 778. The zero-order valence-corrected chi connectivity index (χ0v) is 14.0. The van der Waals surface area contributed by atoms with E-state index in [0.717, 1.165) is 29.5 Å². The van der Waals surface area contributed by atoms with E-state index in [1.54, 1.807) is 0 Å². The number of carbonyl (C=O) groups is 1. The van der Waals surface area contributed by atoms with E-state index in [1.165, 1.54) is 16.8 Å². The maximum Gasteiger partial charge on any atom is 0.364 e. The van der Waals surface area contributed by atoms with E-state index in [2.05, 4.69) is 5.10 Å². The van der Waals surface area contributed by atoms with Gasteiger partial charge in [-0.1, -0.05) is 19.4 Å². The summed E-state index contributed by atoms with van der Waals surface area (Å²) in [6.07, 6.45) is 1.78. The molecule has 2 rings (SSSR count). The van der Waals surface area contributed by atoms with Gasteiger partial charge >= 0.3 is 5.97 Å². The number of carbonyl (C=O) groups excluding carboxylic acids is 1. The average Bonchev–Trinajstić information content (AvgIpc) is 2.51. The Morgan fingerprint density at radius 3 is 2.65 bits per heavy atom. The summed E-state index contributed by atoms with van der Waals surface area (Å²) in [6, 6.07) is 6.63. The number of unbranched alkanes of at least 4 members (excludes halogenated alkanes) is 1. The molecule has 0 radical (unpaired) electrons. The molecule has 5 heteroatoms. The first-order chi connectivity index (χ1) is 10.9. The second-order valence-electron chi connectivity index (χ2n) is 5.73. The molecule has 0 atom stereocenters. The summed E-state index contributed by atoms with van der Waals surface area (Å²) in [4.78, 5) is 24.1. The van der Waals surface area contributed by atoms with Crippen LogP contribution in [-0.2, 0) is 6.54 Å². The van der Waals surface area contributed by atoms with Crippen molar-refractivity contribution in [3.8, 4) is 5.75 Å². The Balaban J connectivity index is 2.26. The predicted molar refractivity (Wildman–Crippen MR) is 89.0 cm³/mol. The molecule has 0 aliphatic heterocycles. The summed E-state index contributed by atoms with van der Waals surface area (Å²) in [5.74, 6) is -0.0241. The third-order valence-electron chi connectivity index (χ3n) is 3.77. The van der Waals surface area contributed by atoms with Gasteiger partial charge in [-0.2, -0.15) is 5.10 Å². The molecule has 0 bridgehead atoms. The second-order valence-corrected chi connectivity index (χ2v) is 5.73. The lowest BCUT2D eigenvalue weighted by atomic mass is 10.1. The van der Waals surface area contributed by atoms with Crippen LogP contribution >= 0.6 is 0 Å². The number of benzene rings is 1. The molecular weight excluding hydrogens is 292 g/mol. The van der Waals surface area contributed by atoms with E-state index in [0.29, 0.717) is 12.3 Å². The number of aromatic nitrogens is 2. The molecule has 0 unspecified atom stereocenters. The van der Waals surface area contributed by atoms with E-state index in [-0.39, 0.29) is 11.3 Å². The van der Waals surface area contributed by atoms with E-state index >= 15 is 0 Å². The van der Waals surface area contributed by atoms with Crippen molar-refractivity contribution in [2.24, 2.45) is 0 Å². The minimum atomic E-state index is -0.552. The summed E-state index contributed by atoms with van der Waals surface area (Å²) in [7, 11) is 0. The number of ether oxygens (including phenoxy) is 1. The smallest absolute Gasteiger partial charge is 0.364 e. The summed E-state index contributed by atoms with van der Waals surface area (Å²) >= 11 is 0. The molecular formula is C18H22N2O3. The SMILES string of the molecule is CCCCn1nc(C(=O)Oc2cc(C)cc(C)c2C)ccc1=O. The molecule has 0 fully saturated rings. The van der Waals surface area contributed by atoms with Crippen molar-refractivity contribution in [3.63, 3.8) is 0 Å². The zero-order valence-electron chi connectivity index (χ0n) is 14.0. The van der Waals surface area contributed by atoms with Crippen LogP contribution in [-0.4, -0.2) is 15.7 Å². The number of aryl methyl sites for hydroxylation is 3. The molecule has 5 nitrogen and oxygen atoms in total. The monoisotopic (exact) mass is 314 g/mol. The van der Waals surface area contributed by atoms with Crippen LogP contribution in [0.25, 0.3) is 0 Å². The van der Waals surface area contributed by atoms with E-state index in [1.807, 2.05) is 39.8 Å². The number of nitrogens with zero attached hydrogens (tertiary/aromatic N) is 2. The van der Waals surface area contributed by atoms with Gasteiger partial charge in [0.1, 0.15) is 5.75 Å². The van der Waals surface area contributed by atoms with Gasteiger partial charge in [-0.25, -0.2) is 9.48 Å². The van der Waals surface area contributed by atoms with Crippen LogP contribution in [0, 0.1) is 20.8 Å². The largest absolute Gasteiger partial charge is 0.421 e. The Hall–Kier alpha value is -2.43. The molecule has 0 saturated heterocycles. The Kier molecular flexibility index (Phi) is 5.32. The normalized spacial score (nSPS) is 10.6. The van der Waals surface area contributed by atoms with Gasteiger partial charge in [-0.3, -0.25) is 4.79 Å². The number of hydrogen-bond acceptors (Lipinski definition) is 4. The number of esters is 1. The van der Waals surface area contributed by atoms with E-state index in [9.17, 15) is 9.59 Å². The highest BCUT2D eigenvalue weighted by atomic mass is 16.5. The lowest BCUT2D eigenvalue weighted by molar-refractivity contribution is 0.0724. The standard InChI is InChI=1S/C18H22N2O3/c1-5-6-9-20-17(21)8-7-15(19-20)18(22)23-16-11-12(2)10-13(3)14(16)4/h7-8,10-11H,5-6,9H2,1-4H3. The molecule has 1 aromatic heterocycles. The first-order valence-electron chi connectivity index (χ1n) is 7.80. The zero-order chi connectivity index (χ0) is 17.0. The van der Waals surface area contributed by atoms with Crippen LogP contribution in [0.15, 0.2) is 29.1 Å². The molecule has 0 saturated carbocycles. The molecule has 122 valence electrons. The fraction of sp³-hybridized carbons (Fsp3) is 0.389. The van der Waals surface area contributed by atoms with Crippen molar-refractivity contribution in [1.29, 1.82) is 0 Å². The van der Waals surface area contributed by atoms with Gasteiger partial charge in [0.25, 0.3) is 5.56 Å². The summed E-state index contributed by atoms with van der Waals surface area (Å²) in [5, 5.41) is 4.11. The molecule has 2 aromatic rings. The van der Waals surface area contributed by atoms with Crippen molar-refractivity contribution in [2.45, 2.75) is 47.1 Å². The van der Waals surface area contributed by atoms with Crippen molar-refractivity contribution in [3.05, 3.63) is 57.0 Å². The molecule has 0 amide bonds. The topological polar surface area (TPSA) is 61.2 Å². The Morgan fingerprint density at radius 1 is 1.22 bits per heavy atom. The van der Waals surface area contributed by atoms with Gasteiger partial charge < -0.3 is 4.74 Å². The minimum Gasteiger partial charge on any atom is -0.421 e. The highest BCUT2D eigenvalue weighted by molar-refractivity contribution is 5.89. The first-order valence-corrected chi connectivity index (χ1v) is 7.80. The van der Waals surface area contributed by atoms with Gasteiger partial charge in [0.05, 0.1) is 0 Å². The van der Waals surface area contributed by atoms with Crippen LogP contribution in [0.2, 0.25) is 0 Å². The summed E-state index contributed by atoms with van der Waals surface area (Å²) in [6.45, 7) is 8.37. The van der Waals surface area contributed by atoms with Gasteiger partial charge in [0.15, 0.2) is 5.69 Å². The summed E-state index contributed by atoms with van der Waals surface area (Å²) in [5.41, 5.74) is 2.94. The van der Waals surface area contributed by atoms with Crippen molar-refractivity contribution < 1.29 is 9.53 Å². The molecule has 23 heavy (non-hydrogen) atoms. The molecule has 1 heterocycles. The van der Waals surface area contributed by atoms with Gasteiger partial charge in [-0.15, -0.1) is 0 Å². The molecule has 0 aliphatic rings. The molecule has 0 aliphatic carbocycles. The maximum atomic E-state index is 12.3. The van der Waals surface area contributed by atoms with Crippen LogP contribution < -0.4 is 10.3 Å². The van der Waals surface area contributed by atoms with Crippen molar-refractivity contribution in [1.82, 2.24) is 9.78 Å². The first kappa shape index (κ1) is 16.9. The van der Waals surface area contributed by atoms with Gasteiger partial charge in [0, 0.05) is 12.6 Å². The predicted octanol–water partition coefficient (Wildman–Crippen LogP) is 3.19. The average molecular weight is 314 g/mol. The maximum absolute atomic E-state index is 12.3. The highest BCUT2D eigenvalue weighted by Crippen LogP contribution is 2.23. The van der Waals surface area contributed by atoms with Crippen LogP contribution in [0.4, 0.5) is 0 Å². The van der Waals surface area contributed by atoms with Crippen LogP contribution in [0.3, 0.4) is 0 Å². The fourth-order valence-electron chi connectivity index (χ4n) is 2.28. The van der Waals surface area contributed by atoms with E-state index < -0.39 is 5.97 Å². The Morgan fingerprint density at radius 2 is 1.96 bits per heavy atom. The quantitative estimate of drug-likeness (QED) is 0.628. The lowest BCUT2D eigenvalue weighted by Crippen LogP contribution is -2.25. The number of rotatable bonds is 5. The lowest BCUT2D eigenvalue weighted by Gasteiger charge is -2.11. The van der Waals surface area contributed by atoms with Crippen molar-refractivity contribution in [2.75, 3.05) is 0 Å². The third-order valence-corrected chi connectivity index (χ3v) is 3.77. The van der Waals surface area contributed by atoms with Crippen LogP contribution in [0.1, 0.15) is 46.9 Å². The Labute approximate surface area is 135 Å². The summed E-state index contributed by atoms with van der Waals surface area (Å²) < 4.78 is 6.79. The third kappa shape index (κ3) is 4.06. The van der Waals surface area contributed by atoms with Crippen molar-refractivity contribution >= 4 is 5.97 Å². The number of hydrogen-bond donors (Lipinski definition) is 0. The van der Waals surface area contributed by atoms with E-state index in [4.69, 9.17) is 4.74 Å². The highest BCUT2D eigenvalue weighted by Gasteiger charge is 2.14. The molecule has 0 N–H and O–H groups in total. The second kappa shape index (κ2) is 7.22.